The van der Waals surface area contributed by atoms with E-state index in [1.165, 1.54) is 5.56 Å². The van der Waals surface area contributed by atoms with Crippen molar-refractivity contribution >= 4 is 12.0 Å². The molecule has 0 saturated heterocycles. The number of allylic oxidation sites excluding steroid dienone is 2. The molecule has 1 rings (SSSR count). The van der Waals surface area contributed by atoms with Crippen LogP contribution in [-0.4, -0.2) is 11.1 Å². The van der Waals surface area contributed by atoms with Crippen molar-refractivity contribution in [3.63, 3.8) is 0 Å². The zero-order valence-corrected chi connectivity index (χ0v) is 11.0. The highest BCUT2D eigenvalue weighted by atomic mass is 16.4. The first-order valence-electron chi connectivity index (χ1n) is 5.75. The van der Waals surface area contributed by atoms with Crippen molar-refractivity contribution in [2.45, 2.75) is 19.8 Å². The fourth-order valence-corrected chi connectivity index (χ4v) is 0.803. The number of carbonyl (C=O) groups is 1. The maximum absolute atomic E-state index is 9.60. The number of benzene rings is 1. The molecule has 0 spiro atoms. The van der Waals surface area contributed by atoms with E-state index in [0.717, 1.165) is 6.42 Å². The van der Waals surface area contributed by atoms with Crippen LogP contribution in [-0.2, 0) is 4.79 Å². The number of hydrogen-bond acceptors (Lipinski definition) is 1. The minimum Gasteiger partial charge on any atom is -0.481 e. The second-order valence-electron chi connectivity index (χ2n) is 3.23. The first-order valence-corrected chi connectivity index (χ1v) is 5.75. The standard InChI is InChI=1S/C8H8.C4H8O2.C4H6/c1-2-8-6-4-3-5-7-8;1-2-3-4(5)6;1-3-4-2/h2-7H,1H2;2-3H2,1H3,(H,5,6);3-4H,1-2H2. The number of hydrogen-bond donors (Lipinski definition) is 1. The van der Waals surface area contributed by atoms with Crippen LogP contribution in [0.3, 0.4) is 0 Å². The second kappa shape index (κ2) is 14.9. The monoisotopic (exact) mass is 246 g/mol. The van der Waals surface area contributed by atoms with Crippen molar-refractivity contribution in [2.24, 2.45) is 0 Å². The topological polar surface area (TPSA) is 37.3 Å². The highest BCUT2D eigenvalue weighted by Crippen LogP contribution is 1.97. The Morgan fingerprint density at radius 3 is 1.83 bits per heavy atom. The van der Waals surface area contributed by atoms with Crippen molar-refractivity contribution in [1.29, 1.82) is 0 Å². The van der Waals surface area contributed by atoms with Gasteiger partial charge in [-0.05, 0) is 12.0 Å². The Morgan fingerprint density at radius 2 is 1.67 bits per heavy atom. The van der Waals surface area contributed by atoms with E-state index >= 15 is 0 Å². The van der Waals surface area contributed by atoms with Crippen LogP contribution >= 0.6 is 0 Å². The SMILES string of the molecule is C=CC=C.C=Cc1ccccc1.CCCC(=O)O. The van der Waals surface area contributed by atoms with Gasteiger partial charge in [-0.1, -0.05) is 75.2 Å². The number of carboxylic acids is 1. The van der Waals surface area contributed by atoms with Gasteiger partial charge < -0.3 is 5.11 Å². The Kier molecular flexibility index (Phi) is 15.1. The quantitative estimate of drug-likeness (QED) is 0.791. The van der Waals surface area contributed by atoms with E-state index in [9.17, 15) is 4.79 Å². The predicted molar refractivity (Wildman–Crippen MR) is 79.5 cm³/mol. The minimum absolute atomic E-state index is 0.292. The Balaban J connectivity index is 0. The van der Waals surface area contributed by atoms with Gasteiger partial charge in [0.25, 0.3) is 0 Å². The largest absolute Gasteiger partial charge is 0.481 e. The summed E-state index contributed by atoms with van der Waals surface area (Å²) >= 11 is 0. The third-order valence-electron chi connectivity index (χ3n) is 1.67. The predicted octanol–water partition coefficient (Wildman–Crippen LogP) is 4.56. The lowest BCUT2D eigenvalue weighted by Gasteiger charge is -1.85. The molecule has 0 aliphatic rings. The van der Waals surface area contributed by atoms with Gasteiger partial charge in [-0.2, -0.15) is 0 Å². The van der Waals surface area contributed by atoms with Crippen molar-refractivity contribution < 1.29 is 9.90 Å². The molecular weight excluding hydrogens is 224 g/mol. The van der Waals surface area contributed by atoms with E-state index in [1.54, 1.807) is 12.2 Å². The van der Waals surface area contributed by atoms with Crippen LogP contribution in [0.25, 0.3) is 6.08 Å². The van der Waals surface area contributed by atoms with E-state index in [1.807, 2.05) is 43.3 Å². The normalized spacial score (nSPS) is 7.61. The average molecular weight is 246 g/mol. The van der Waals surface area contributed by atoms with Gasteiger partial charge in [0.15, 0.2) is 0 Å². The van der Waals surface area contributed by atoms with E-state index in [0.29, 0.717) is 6.42 Å². The summed E-state index contributed by atoms with van der Waals surface area (Å²) in [5, 5.41) is 7.91. The Hall–Kier alpha value is -2.09. The van der Waals surface area contributed by atoms with Crippen molar-refractivity contribution in [3.05, 3.63) is 67.8 Å². The minimum atomic E-state index is -0.711. The second-order valence-corrected chi connectivity index (χ2v) is 3.23. The van der Waals surface area contributed by atoms with Crippen molar-refractivity contribution in [2.75, 3.05) is 0 Å². The number of aliphatic carboxylic acids is 1. The fourth-order valence-electron chi connectivity index (χ4n) is 0.803. The fraction of sp³-hybridized carbons (Fsp3) is 0.188. The molecule has 0 radical (unpaired) electrons. The lowest BCUT2D eigenvalue weighted by atomic mass is 10.2. The molecule has 2 nitrogen and oxygen atoms in total. The lowest BCUT2D eigenvalue weighted by molar-refractivity contribution is -0.137. The summed E-state index contributed by atoms with van der Waals surface area (Å²) in [5.74, 6) is -0.711. The summed E-state index contributed by atoms with van der Waals surface area (Å²) < 4.78 is 0. The molecular formula is C16H22O2. The Morgan fingerprint density at radius 1 is 1.17 bits per heavy atom. The van der Waals surface area contributed by atoms with E-state index in [2.05, 4.69) is 19.7 Å². The molecule has 0 atom stereocenters. The molecule has 2 heteroatoms. The molecule has 0 aromatic heterocycles. The van der Waals surface area contributed by atoms with E-state index < -0.39 is 5.97 Å². The lowest BCUT2D eigenvalue weighted by Crippen LogP contribution is -1.90. The summed E-state index contributed by atoms with van der Waals surface area (Å²) in [6, 6.07) is 10.0. The maximum Gasteiger partial charge on any atom is 0.303 e. The van der Waals surface area contributed by atoms with Gasteiger partial charge in [-0.3, -0.25) is 4.79 Å². The van der Waals surface area contributed by atoms with Crippen LogP contribution in [0.1, 0.15) is 25.3 Å². The zero-order valence-electron chi connectivity index (χ0n) is 11.0. The number of carboxylic acid groups (broad SMARTS) is 1. The van der Waals surface area contributed by atoms with Gasteiger partial charge in [0, 0.05) is 6.42 Å². The van der Waals surface area contributed by atoms with Crippen molar-refractivity contribution in [1.82, 2.24) is 0 Å². The first-order chi connectivity index (χ1) is 8.62. The summed E-state index contributed by atoms with van der Waals surface area (Å²) in [7, 11) is 0. The summed E-state index contributed by atoms with van der Waals surface area (Å²) in [6.07, 6.45) is 6.13. The van der Waals surface area contributed by atoms with Crippen LogP contribution in [0.15, 0.2) is 62.2 Å². The molecule has 0 amide bonds. The van der Waals surface area contributed by atoms with Crippen LogP contribution in [0.5, 0.6) is 0 Å². The highest BCUT2D eigenvalue weighted by molar-refractivity contribution is 5.66. The Bertz CT molecular complexity index is 333. The van der Waals surface area contributed by atoms with E-state index in [-0.39, 0.29) is 0 Å². The van der Waals surface area contributed by atoms with Crippen LogP contribution < -0.4 is 0 Å². The molecule has 0 unspecified atom stereocenters. The van der Waals surface area contributed by atoms with Gasteiger partial charge in [-0.15, -0.1) is 0 Å². The molecule has 1 N–H and O–H groups in total. The third kappa shape index (κ3) is 16.3. The average Bonchev–Trinajstić information content (AvgIpc) is 2.40. The number of rotatable bonds is 4. The smallest absolute Gasteiger partial charge is 0.303 e. The molecule has 1 aromatic carbocycles. The molecule has 0 aliphatic carbocycles. The molecule has 1 aromatic rings. The van der Waals surface area contributed by atoms with Crippen molar-refractivity contribution in [3.8, 4) is 0 Å². The first kappa shape index (κ1) is 18.3. The van der Waals surface area contributed by atoms with Crippen LogP contribution in [0.4, 0.5) is 0 Å². The van der Waals surface area contributed by atoms with Crippen LogP contribution in [0.2, 0.25) is 0 Å². The maximum atomic E-state index is 9.60. The molecule has 18 heavy (non-hydrogen) atoms. The molecule has 0 bridgehead atoms. The molecule has 0 aliphatic heterocycles. The van der Waals surface area contributed by atoms with Gasteiger partial charge in [0.2, 0.25) is 0 Å². The Labute approximate surface area is 110 Å². The molecule has 98 valence electrons. The van der Waals surface area contributed by atoms with Crippen LogP contribution in [0, 0.1) is 0 Å². The van der Waals surface area contributed by atoms with Gasteiger partial charge in [0.05, 0.1) is 0 Å². The third-order valence-corrected chi connectivity index (χ3v) is 1.67. The summed E-state index contributed by atoms with van der Waals surface area (Å²) in [6.45, 7) is 12.2. The molecule has 0 fully saturated rings. The van der Waals surface area contributed by atoms with Gasteiger partial charge in [-0.25, -0.2) is 0 Å². The van der Waals surface area contributed by atoms with E-state index in [4.69, 9.17) is 5.11 Å². The summed E-state index contributed by atoms with van der Waals surface area (Å²) in [4.78, 5) is 9.60. The molecule has 0 heterocycles. The van der Waals surface area contributed by atoms with Gasteiger partial charge in [0.1, 0.15) is 0 Å². The molecule has 0 saturated carbocycles. The summed E-state index contributed by atoms with van der Waals surface area (Å²) in [5.41, 5.74) is 1.17. The van der Waals surface area contributed by atoms with Gasteiger partial charge >= 0.3 is 5.97 Å². The zero-order chi connectivity index (χ0) is 14.2. The highest BCUT2D eigenvalue weighted by Gasteiger charge is 1.87.